The molecular weight excluding hydrogens is 184 g/mol. The molecule has 1 fully saturated rings. The highest BCUT2D eigenvalue weighted by atomic mass is 15.2. The molecule has 0 aromatic rings. The maximum Gasteiger partial charge on any atom is 0.0958 e. The molecule has 0 bridgehead atoms. The van der Waals surface area contributed by atoms with Gasteiger partial charge in [0.15, 0.2) is 0 Å². The van der Waals surface area contributed by atoms with Crippen molar-refractivity contribution in [3.05, 3.63) is 0 Å². The first-order valence-corrected chi connectivity index (χ1v) is 6.53. The minimum absolute atomic E-state index is 0.638. The first-order valence-electron chi connectivity index (χ1n) is 6.53. The van der Waals surface area contributed by atoms with E-state index in [0.29, 0.717) is 6.04 Å². The molecule has 2 unspecified atom stereocenters. The Balaban J connectivity index is 2.04. The SMILES string of the molecule is CC1=NC2CCCCCCCC2CN1C. The van der Waals surface area contributed by atoms with Crippen LogP contribution in [0.1, 0.15) is 51.9 Å². The highest BCUT2D eigenvalue weighted by Crippen LogP contribution is 2.28. The van der Waals surface area contributed by atoms with E-state index in [0.717, 1.165) is 5.92 Å². The van der Waals surface area contributed by atoms with Crippen LogP contribution < -0.4 is 0 Å². The lowest BCUT2D eigenvalue weighted by atomic mass is 9.90. The summed E-state index contributed by atoms with van der Waals surface area (Å²) in [7, 11) is 2.18. The van der Waals surface area contributed by atoms with E-state index < -0.39 is 0 Å². The number of hydrogen-bond donors (Lipinski definition) is 0. The van der Waals surface area contributed by atoms with Gasteiger partial charge < -0.3 is 4.90 Å². The van der Waals surface area contributed by atoms with Gasteiger partial charge in [0.1, 0.15) is 0 Å². The van der Waals surface area contributed by atoms with Crippen LogP contribution >= 0.6 is 0 Å². The second-order valence-corrected chi connectivity index (χ2v) is 5.23. The molecule has 2 nitrogen and oxygen atoms in total. The first kappa shape index (κ1) is 11.0. The predicted octanol–water partition coefficient (Wildman–Crippen LogP) is 3.08. The fraction of sp³-hybridized carbons (Fsp3) is 0.923. The molecule has 0 amide bonds. The standard InChI is InChI=1S/C13H24N2/c1-11-14-13-9-7-5-3-4-6-8-12(13)10-15(11)2/h12-13H,3-10H2,1-2H3. The highest BCUT2D eigenvalue weighted by molar-refractivity contribution is 5.80. The summed E-state index contributed by atoms with van der Waals surface area (Å²) in [5.41, 5.74) is 0. The monoisotopic (exact) mass is 208 g/mol. The lowest BCUT2D eigenvalue weighted by Crippen LogP contribution is -2.40. The summed E-state index contributed by atoms with van der Waals surface area (Å²) in [6.45, 7) is 3.39. The minimum Gasteiger partial charge on any atom is -0.363 e. The van der Waals surface area contributed by atoms with E-state index in [1.165, 1.54) is 57.3 Å². The Labute approximate surface area is 93.8 Å². The van der Waals surface area contributed by atoms with Crippen LogP contribution in [0, 0.1) is 5.92 Å². The normalized spacial score (nSPS) is 33.5. The first-order chi connectivity index (χ1) is 7.27. The number of rotatable bonds is 0. The molecule has 2 aliphatic rings. The molecule has 1 aliphatic heterocycles. The van der Waals surface area contributed by atoms with Crippen molar-refractivity contribution in [1.29, 1.82) is 0 Å². The number of fused-ring (bicyclic) bond motifs is 1. The van der Waals surface area contributed by atoms with Gasteiger partial charge in [-0.1, -0.05) is 32.1 Å². The highest BCUT2D eigenvalue weighted by Gasteiger charge is 2.27. The van der Waals surface area contributed by atoms with Crippen LogP contribution in [-0.2, 0) is 0 Å². The Hall–Kier alpha value is -0.530. The predicted molar refractivity (Wildman–Crippen MR) is 65.3 cm³/mol. The number of aliphatic imine (C=N–C) groups is 1. The molecule has 2 heteroatoms. The van der Waals surface area contributed by atoms with E-state index in [-0.39, 0.29) is 0 Å². The van der Waals surface area contributed by atoms with Crippen molar-refractivity contribution < 1.29 is 0 Å². The average molecular weight is 208 g/mol. The summed E-state index contributed by atoms with van der Waals surface area (Å²) in [6, 6.07) is 0.638. The van der Waals surface area contributed by atoms with Crippen LogP contribution in [0.4, 0.5) is 0 Å². The number of hydrogen-bond acceptors (Lipinski definition) is 2. The van der Waals surface area contributed by atoms with E-state index >= 15 is 0 Å². The van der Waals surface area contributed by atoms with Crippen LogP contribution in [0.15, 0.2) is 4.99 Å². The van der Waals surface area contributed by atoms with E-state index in [1.54, 1.807) is 0 Å². The van der Waals surface area contributed by atoms with Gasteiger partial charge in [0.2, 0.25) is 0 Å². The quantitative estimate of drug-likeness (QED) is 0.597. The van der Waals surface area contributed by atoms with Gasteiger partial charge in [-0.2, -0.15) is 0 Å². The van der Waals surface area contributed by atoms with Gasteiger partial charge in [-0.15, -0.1) is 0 Å². The molecular formula is C13H24N2. The topological polar surface area (TPSA) is 15.6 Å². The van der Waals surface area contributed by atoms with Gasteiger partial charge in [-0.25, -0.2) is 0 Å². The summed E-state index contributed by atoms with van der Waals surface area (Å²) in [4.78, 5) is 7.20. The molecule has 0 N–H and O–H groups in total. The third kappa shape index (κ3) is 2.73. The molecule has 0 aromatic carbocycles. The number of amidine groups is 1. The fourth-order valence-corrected chi connectivity index (χ4v) is 2.92. The molecule has 2 atom stereocenters. The van der Waals surface area contributed by atoms with Crippen molar-refractivity contribution in [2.24, 2.45) is 10.9 Å². The zero-order valence-corrected chi connectivity index (χ0v) is 10.2. The molecule has 0 aromatic heterocycles. The lowest BCUT2D eigenvalue weighted by Gasteiger charge is -2.35. The zero-order chi connectivity index (χ0) is 10.7. The molecule has 2 rings (SSSR count). The van der Waals surface area contributed by atoms with Gasteiger partial charge in [0.05, 0.1) is 11.9 Å². The minimum atomic E-state index is 0.638. The second-order valence-electron chi connectivity index (χ2n) is 5.23. The van der Waals surface area contributed by atoms with Gasteiger partial charge in [-0.3, -0.25) is 4.99 Å². The summed E-state index contributed by atoms with van der Waals surface area (Å²) >= 11 is 0. The molecule has 1 heterocycles. The summed E-state index contributed by atoms with van der Waals surface area (Å²) < 4.78 is 0. The molecule has 0 saturated heterocycles. The molecule has 0 spiro atoms. The molecule has 1 aliphatic carbocycles. The molecule has 0 radical (unpaired) electrons. The zero-order valence-electron chi connectivity index (χ0n) is 10.2. The molecule has 86 valence electrons. The maximum absolute atomic E-state index is 4.87. The fourth-order valence-electron chi connectivity index (χ4n) is 2.92. The Bertz CT molecular complexity index is 235. The lowest BCUT2D eigenvalue weighted by molar-refractivity contribution is 0.275. The van der Waals surface area contributed by atoms with Crippen LogP contribution in [-0.4, -0.2) is 30.4 Å². The van der Waals surface area contributed by atoms with Gasteiger partial charge in [0, 0.05) is 13.6 Å². The van der Waals surface area contributed by atoms with Crippen LogP contribution in [0.2, 0.25) is 0 Å². The van der Waals surface area contributed by atoms with E-state index in [9.17, 15) is 0 Å². The Kier molecular flexibility index (Phi) is 3.66. The Morgan fingerprint density at radius 1 is 1.07 bits per heavy atom. The van der Waals surface area contributed by atoms with E-state index in [1.807, 2.05) is 0 Å². The van der Waals surface area contributed by atoms with Crippen molar-refractivity contribution in [2.75, 3.05) is 13.6 Å². The van der Waals surface area contributed by atoms with E-state index in [4.69, 9.17) is 4.99 Å². The summed E-state index contributed by atoms with van der Waals surface area (Å²) in [5, 5.41) is 0. The summed E-state index contributed by atoms with van der Waals surface area (Å²) in [5.74, 6) is 2.08. The number of nitrogens with zero attached hydrogens (tertiary/aromatic N) is 2. The molecule has 15 heavy (non-hydrogen) atoms. The van der Waals surface area contributed by atoms with Crippen LogP contribution in [0.3, 0.4) is 0 Å². The van der Waals surface area contributed by atoms with Gasteiger partial charge >= 0.3 is 0 Å². The van der Waals surface area contributed by atoms with Crippen molar-refractivity contribution in [1.82, 2.24) is 4.90 Å². The summed E-state index contributed by atoms with van der Waals surface area (Å²) in [6.07, 6.45) is 9.84. The third-order valence-corrected chi connectivity index (χ3v) is 4.03. The maximum atomic E-state index is 4.87. The van der Waals surface area contributed by atoms with Gasteiger partial charge in [-0.05, 0) is 25.7 Å². The molecule has 1 saturated carbocycles. The Morgan fingerprint density at radius 2 is 1.73 bits per heavy atom. The van der Waals surface area contributed by atoms with Crippen molar-refractivity contribution >= 4 is 5.84 Å². The second kappa shape index (κ2) is 5.00. The van der Waals surface area contributed by atoms with Crippen LogP contribution in [0.5, 0.6) is 0 Å². The largest absolute Gasteiger partial charge is 0.363 e. The van der Waals surface area contributed by atoms with Crippen molar-refractivity contribution in [3.8, 4) is 0 Å². The third-order valence-electron chi connectivity index (χ3n) is 4.03. The van der Waals surface area contributed by atoms with Gasteiger partial charge in [0.25, 0.3) is 0 Å². The van der Waals surface area contributed by atoms with Crippen LogP contribution in [0.25, 0.3) is 0 Å². The van der Waals surface area contributed by atoms with Crippen molar-refractivity contribution in [3.63, 3.8) is 0 Å². The smallest absolute Gasteiger partial charge is 0.0958 e. The Morgan fingerprint density at radius 3 is 2.53 bits per heavy atom. The van der Waals surface area contributed by atoms with E-state index in [2.05, 4.69) is 18.9 Å². The van der Waals surface area contributed by atoms with Crippen molar-refractivity contribution in [2.45, 2.75) is 57.9 Å². The average Bonchev–Trinajstić information content (AvgIpc) is 2.31.